The monoisotopic (exact) mass is 161 g/mol. The first-order valence-electron chi connectivity index (χ1n) is 3.95. The minimum absolute atomic E-state index is 0.0588. The van der Waals surface area contributed by atoms with Crippen LogP contribution < -0.4 is 0 Å². The van der Waals surface area contributed by atoms with E-state index >= 15 is 0 Å². The summed E-state index contributed by atoms with van der Waals surface area (Å²) in [5.41, 5.74) is 2.35. The van der Waals surface area contributed by atoms with Crippen LogP contribution in [0.1, 0.15) is 23.6 Å². The number of hydrogen-bond donors (Lipinski definition) is 1. The predicted molar refractivity (Wildman–Crippen MR) is 46.5 cm³/mol. The van der Waals surface area contributed by atoms with Crippen LogP contribution in [-0.2, 0) is 13.0 Å². The Kier molecular flexibility index (Phi) is 2.84. The molecule has 0 aromatic heterocycles. The highest BCUT2D eigenvalue weighted by atomic mass is 16.3. The maximum atomic E-state index is 8.92. The van der Waals surface area contributed by atoms with Gasteiger partial charge in [-0.05, 0) is 17.5 Å². The number of nitrogens with zero attached hydrogens (tertiary/aromatic N) is 1. The third kappa shape index (κ3) is 1.46. The van der Waals surface area contributed by atoms with Gasteiger partial charge in [0.15, 0.2) is 0 Å². The van der Waals surface area contributed by atoms with Gasteiger partial charge in [-0.15, -0.1) is 0 Å². The van der Waals surface area contributed by atoms with Crippen LogP contribution >= 0.6 is 0 Å². The summed E-state index contributed by atoms with van der Waals surface area (Å²) in [6.07, 6.45) is 0.830. The third-order valence-electron chi connectivity index (χ3n) is 1.90. The van der Waals surface area contributed by atoms with Crippen molar-refractivity contribution in [3.05, 3.63) is 34.9 Å². The van der Waals surface area contributed by atoms with Gasteiger partial charge in [-0.2, -0.15) is 5.26 Å². The van der Waals surface area contributed by atoms with E-state index in [9.17, 15) is 0 Å². The number of hydrogen-bond acceptors (Lipinski definition) is 2. The maximum absolute atomic E-state index is 8.92. The van der Waals surface area contributed by atoms with Crippen LogP contribution in [0.15, 0.2) is 18.2 Å². The molecule has 0 unspecified atom stereocenters. The van der Waals surface area contributed by atoms with Crippen molar-refractivity contribution in [1.82, 2.24) is 0 Å². The van der Waals surface area contributed by atoms with Crippen molar-refractivity contribution >= 4 is 0 Å². The average Bonchev–Trinajstić information content (AvgIpc) is 2.16. The molecule has 0 atom stereocenters. The number of aliphatic hydroxyl groups excluding tert-OH is 1. The van der Waals surface area contributed by atoms with Crippen molar-refractivity contribution in [3.8, 4) is 6.07 Å². The molecule has 12 heavy (non-hydrogen) atoms. The summed E-state index contributed by atoms with van der Waals surface area (Å²) in [6, 6.07) is 7.66. The van der Waals surface area contributed by atoms with Gasteiger partial charge in [-0.3, -0.25) is 0 Å². The fraction of sp³-hybridized carbons (Fsp3) is 0.300. The van der Waals surface area contributed by atoms with Crippen molar-refractivity contribution in [2.75, 3.05) is 0 Å². The standard InChI is InChI=1S/C10H11NO/c1-2-8-4-3-5-9(7-12)10(8)6-11/h3-5,12H,2,7H2,1H3. The molecule has 0 bridgehead atoms. The Labute approximate surface area is 72.1 Å². The largest absolute Gasteiger partial charge is 0.392 e. The van der Waals surface area contributed by atoms with Gasteiger partial charge in [-0.25, -0.2) is 0 Å². The average molecular weight is 161 g/mol. The lowest BCUT2D eigenvalue weighted by atomic mass is 10.0. The second-order valence-electron chi connectivity index (χ2n) is 2.57. The molecule has 2 heteroatoms. The van der Waals surface area contributed by atoms with Gasteiger partial charge in [0.1, 0.15) is 0 Å². The number of rotatable bonds is 2. The van der Waals surface area contributed by atoms with E-state index < -0.39 is 0 Å². The third-order valence-corrected chi connectivity index (χ3v) is 1.90. The number of benzene rings is 1. The quantitative estimate of drug-likeness (QED) is 0.716. The topological polar surface area (TPSA) is 44.0 Å². The summed E-state index contributed by atoms with van der Waals surface area (Å²) in [4.78, 5) is 0. The lowest BCUT2D eigenvalue weighted by molar-refractivity contribution is 0.281. The zero-order chi connectivity index (χ0) is 8.97. The van der Waals surface area contributed by atoms with Gasteiger partial charge in [0.2, 0.25) is 0 Å². The van der Waals surface area contributed by atoms with Crippen LogP contribution in [-0.4, -0.2) is 5.11 Å². The number of aliphatic hydroxyl groups is 1. The van der Waals surface area contributed by atoms with Gasteiger partial charge in [0.25, 0.3) is 0 Å². The summed E-state index contributed by atoms with van der Waals surface area (Å²) in [7, 11) is 0. The number of nitriles is 1. The van der Waals surface area contributed by atoms with Crippen LogP contribution in [0, 0.1) is 11.3 Å². The van der Waals surface area contributed by atoms with Crippen molar-refractivity contribution in [1.29, 1.82) is 5.26 Å². The summed E-state index contributed by atoms with van der Waals surface area (Å²) in [6.45, 7) is 1.94. The molecule has 0 aliphatic carbocycles. The minimum atomic E-state index is -0.0588. The van der Waals surface area contributed by atoms with Crippen molar-refractivity contribution in [2.24, 2.45) is 0 Å². The number of aryl methyl sites for hydroxylation is 1. The summed E-state index contributed by atoms with van der Waals surface area (Å²) >= 11 is 0. The summed E-state index contributed by atoms with van der Waals surface area (Å²) in [5, 5.41) is 17.7. The fourth-order valence-electron chi connectivity index (χ4n) is 1.22. The normalized spacial score (nSPS) is 9.42. The van der Waals surface area contributed by atoms with Gasteiger partial charge in [-0.1, -0.05) is 25.1 Å². The molecule has 1 N–H and O–H groups in total. The van der Waals surface area contributed by atoms with E-state index in [-0.39, 0.29) is 6.61 Å². The lowest BCUT2D eigenvalue weighted by Gasteiger charge is -2.04. The Balaban J connectivity index is 3.25. The highest BCUT2D eigenvalue weighted by Gasteiger charge is 2.04. The molecule has 0 amide bonds. The Hall–Kier alpha value is -1.33. The first-order chi connectivity index (χ1) is 5.83. The molecule has 2 nitrogen and oxygen atoms in total. The van der Waals surface area contributed by atoms with E-state index in [4.69, 9.17) is 10.4 Å². The van der Waals surface area contributed by atoms with E-state index in [0.29, 0.717) is 5.56 Å². The molecule has 0 radical (unpaired) electrons. The van der Waals surface area contributed by atoms with E-state index in [1.807, 2.05) is 19.1 Å². The van der Waals surface area contributed by atoms with Crippen LogP contribution in [0.4, 0.5) is 0 Å². The van der Waals surface area contributed by atoms with Crippen LogP contribution in [0.2, 0.25) is 0 Å². The zero-order valence-electron chi connectivity index (χ0n) is 7.04. The lowest BCUT2D eigenvalue weighted by Crippen LogP contribution is -1.94. The molecular weight excluding hydrogens is 150 g/mol. The van der Waals surface area contributed by atoms with Crippen LogP contribution in [0.3, 0.4) is 0 Å². The van der Waals surface area contributed by atoms with Crippen molar-refractivity contribution in [2.45, 2.75) is 20.0 Å². The molecule has 0 heterocycles. The van der Waals surface area contributed by atoms with Crippen molar-refractivity contribution in [3.63, 3.8) is 0 Å². The van der Waals surface area contributed by atoms with E-state index in [1.54, 1.807) is 6.07 Å². The Morgan fingerprint density at radius 1 is 1.42 bits per heavy atom. The van der Waals surface area contributed by atoms with Gasteiger partial charge in [0, 0.05) is 0 Å². The Bertz CT molecular complexity index is 290. The van der Waals surface area contributed by atoms with Gasteiger partial charge >= 0.3 is 0 Å². The van der Waals surface area contributed by atoms with E-state index in [0.717, 1.165) is 17.5 Å². The zero-order valence-corrected chi connectivity index (χ0v) is 7.04. The molecule has 0 aliphatic heterocycles. The summed E-state index contributed by atoms with van der Waals surface area (Å²) in [5.74, 6) is 0. The maximum Gasteiger partial charge on any atom is 0.0998 e. The Morgan fingerprint density at radius 2 is 2.08 bits per heavy atom. The first-order valence-corrected chi connectivity index (χ1v) is 3.95. The second-order valence-corrected chi connectivity index (χ2v) is 2.57. The van der Waals surface area contributed by atoms with Crippen LogP contribution in [0.5, 0.6) is 0 Å². The minimum Gasteiger partial charge on any atom is -0.392 e. The molecule has 0 fully saturated rings. The molecule has 1 aromatic rings. The Morgan fingerprint density at radius 3 is 2.58 bits per heavy atom. The smallest absolute Gasteiger partial charge is 0.0998 e. The van der Waals surface area contributed by atoms with E-state index in [2.05, 4.69) is 6.07 Å². The second kappa shape index (κ2) is 3.89. The molecule has 0 spiro atoms. The SMILES string of the molecule is CCc1cccc(CO)c1C#N. The molecule has 1 aromatic carbocycles. The van der Waals surface area contributed by atoms with E-state index in [1.165, 1.54) is 0 Å². The fourth-order valence-corrected chi connectivity index (χ4v) is 1.22. The molecule has 62 valence electrons. The molecular formula is C10H11NO. The summed E-state index contributed by atoms with van der Waals surface area (Å²) < 4.78 is 0. The molecule has 1 rings (SSSR count). The molecule has 0 saturated carbocycles. The van der Waals surface area contributed by atoms with Gasteiger partial charge in [0.05, 0.1) is 18.2 Å². The highest BCUT2D eigenvalue weighted by molar-refractivity contribution is 5.44. The van der Waals surface area contributed by atoms with Crippen molar-refractivity contribution < 1.29 is 5.11 Å². The predicted octanol–water partition coefficient (Wildman–Crippen LogP) is 1.61. The first kappa shape index (κ1) is 8.76. The molecule has 0 saturated heterocycles. The highest BCUT2D eigenvalue weighted by Crippen LogP contribution is 2.14. The van der Waals surface area contributed by atoms with Crippen LogP contribution in [0.25, 0.3) is 0 Å². The molecule has 0 aliphatic rings. The van der Waals surface area contributed by atoms with Gasteiger partial charge < -0.3 is 5.11 Å².